The fourth-order valence-corrected chi connectivity index (χ4v) is 1.73. The summed E-state index contributed by atoms with van der Waals surface area (Å²) in [6.07, 6.45) is -0.0466. The van der Waals surface area contributed by atoms with Gasteiger partial charge in [0.25, 0.3) is 0 Å². The van der Waals surface area contributed by atoms with Gasteiger partial charge < -0.3 is 9.84 Å². The van der Waals surface area contributed by atoms with E-state index >= 15 is 0 Å². The second kappa shape index (κ2) is 6.52. The van der Waals surface area contributed by atoms with E-state index in [1.807, 2.05) is 18.2 Å². The van der Waals surface area contributed by atoms with Crippen molar-refractivity contribution in [2.45, 2.75) is 6.42 Å². The van der Waals surface area contributed by atoms with Crippen molar-refractivity contribution in [3.05, 3.63) is 65.7 Å². The van der Waals surface area contributed by atoms with Crippen LogP contribution in [0.4, 0.5) is 0 Å². The van der Waals surface area contributed by atoms with Crippen LogP contribution in [-0.4, -0.2) is 23.5 Å². The number of rotatable bonds is 6. The molecule has 0 aliphatic heterocycles. The molecule has 2 aromatic rings. The molecule has 0 bridgehead atoms. The van der Waals surface area contributed by atoms with E-state index in [9.17, 15) is 9.59 Å². The highest BCUT2D eigenvalue weighted by Gasteiger charge is 2.07. The van der Waals surface area contributed by atoms with Gasteiger partial charge in [0.15, 0.2) is 12.4 Å². The summed E-state index contributed by atoms with van der Waals surface area (Å²) in [5, 5.41) is 8.67. The lowest BCUT2D eigenvalue weighted by Crippen LogP contribution is -2.11. The van der Waals surface area contributed by atoms with Crippen LogP contribution >= 0.6 is 0 Å². The first-order chi connectivity index (χ1) is 9.65. The number of carbonyl (C=O) groups excluding carboxylic acids is 1. The predicted octanol–water partition coefficient (Wildman–Crippen LogP) is 2.58. The molecule has 0 radical (unpaired) electrons. The summed E-state index contributed by atoms with van der Waals surface area (Å²) in [7, 11) is 0. The first-order valence-electron chi connectivity index (χ1n) is 6.17. The molecule has 0 saturated heterocycles. The molecule has 0 aliphatic carbocycles. The van der Waals surface area contributed by atoms with Crippen molar-refractivity contribution in [2.75, 3.05) is 6.61 Å². The molecule has 1 N–H and O–H groups in total. The van der Waals surface area contributed by atoms with Crippen LogP contribution in [0.1, 0.15) is 15.9 Å². The van der Waals surface area contributed by atoms with Gasteiger partial charge in [-0.3, -0.25) is 9.59 Å². The summed E-state index contributed by atoms with van der Waals surface area (Å²) < 4.78 is 5.37. The molecule has 4 heteroatoms. The smallest absolute Gasteiger partial charge is 0.307 e. The summed E-state index contributed by atoms with van der Waals surface area (Å²) in [5.41, 5.74) is 1.17. The van der Waals surface area contributed by atoms with Crippen molar-refractivity contribution in [1.82, 2.24) is 0 Å². The molecule has 4 nitrogen and oxygen atoms in total. The number of hydrogen-bond donors (Lipinski definition) is 1. The number of Topliss-reactive ketones (excluding diaryl/α,β-unsaturated/α-hetero) is 1. The molecule has 2 aromatic carbocycles. The minimum atomic E-state index is -0.892. The predicted molar refractivity (Wildman–Crippen MR) is 74.0 cm³/mol. The van der Waals surface area contributed by atoms with Crippen LogP contribution < -0.4 is 4.74 Å². The number of carbonyl (C=O) groups is 2. The maximum absolute atomic E-state index is 11.9. The van der Waals surface area contributed by atoms with Crippen LogP contribution in [0.15, 0.2) is 54.6 Å². The largest absolute Gasteiger partial charge is 0.485 e. The number of carboxylic acids is 1. The summed E-state index contributed by atoms with van der Waals surface area (Å²) in [6.45, 7) is -0.0394. The summed E-state index contributed by atoms with van der Waals surface area (Å²) in [4.78, 5) is 22.5. The first kappa shape index (κ1) is 13.8. The molecule has 0 saturated carbocycles. The Labute approximate surface area is 116 Å². The minimum Gasteiger partial charge on any atom is -0.485 e. The summed E-state index contributed by atoms with van der Waals surface area (Å²) in [6, 6.07) is 15.6. The molecule has 0 aliphatic rings. The first-order valence-corrected chi connectivity index (χ1v) is 6.17. The Kier molecular flexibility index (Phi) is 4.50. The molecule has 0 aromatic heterocycles. The lowest BCUT2D eigenvalue weighted by atomic mass is 10.1. The monoisotopic (exact) mass is 270 g/mol. The van der Waals surface area contributed by atoms with Crippen LogP contribution in [0.25, 0.3) is 0 Å². The van der Waals surface area contributed by atoms with E-state index in [1.54, 1.807) is 36.4 Å². The highest BCUT2D eigenvalue weighted by Crippen LogP contribution is 2.10. The highest BCUT2D eigenvalue weighted by molar-refractivity contribution is 5.97. The summed E-state index contributed by atoms with van der Waals surface area (Å²) >= 11 is 0. The Morgan fingerprint density at radius 3 is 2.20 bits per heavy atom. The van der Waals surface area contributed by atoms with Gasteiger partial charge in [-0.1, -0.05) is 42.5 Å². The SMILES string of the molecule is O=C(O)Cc1ccc(C(=O)COc2ccccc2)cc1. The lowest BCUT2D eigenvalue weighted by molar-refractivity contribution is -0.136. The van der Waals surface area contributed by atoms with Crippen LogP contribution in [0, 0.1) is 0 Å². The molecule has 0 amide bonds. The zero-order valence-corrected chi connectivity index (χ0v) is 10.8. The van der Waals surface area contributed by atoms with Gasteiger partial charge in [-0.05, 0) is 17.7 Å². The number of para-hydroxylation sites is 1. The van der Waals surface area contributed by atoms with Crippen molar-refractivity contribution in [2.24, 2.45) is 0 Å². The van der Waals surface area contributed by atoms with Gasteiger partial charge in [-0.25, -0.2) is 0 Å². The molecule has 0 atom stereocenters. The fraction of sp³-hybridized carbons (Fsp3) is 0.125. The fourth-order valence-electron chi connectivity index (χ4n) is 1.73. The Balaban J connectivity index is 1.94. The Bertz CT molecular complexity index is 588. The Morgan fingerprint density at radius 1 is 0.950 bits per heavy atom. The zero-order valence-electron chi connectivity index (χ0n) is 10.8. The second-order valence-corrected chi connectivity index (χ2v) is 4.29. The van der Waals surface area contributed by atoms with Gasteiger partial charge in [-0.15, -0.1) is 0 Å². The number of aliphatic carboxylic acids is 1. The normalized spacial score (nSPS) is 10.0. The van der Waals surface area contributed by atoms with Gasteiger partial charge >= 0.3 is 5.97 Å². The molecule has 0 spiro atoms. The molecule has 0 heterocycles. The number of ether oxygens (including phenoxy) is 1. The van der Waals surface area contributed by atoms with E-state index in [2.05, 4.69) is 0 Å². The van der Waals surface area contributed by atoms with E-state index in [0.29, 0.717) is 16.9 Å². The van der Waals surface area contributed by atoms with Crippen molar-refractivity contribution in [3.8, 4) is 5.75 Å². The third-order valence-electron chi connectivity index (χ3n) is 2.74. The van der Waals surface area contributed by atoms with Crippen molar-refractivity contribution in [1.29, 1.82) is 0 Å². The van der Waals surface area contributed by atoms with Gasteiger partial charge in [0.1, 0.15) is 5.75 Å². The van der Waals surface area contributed by atoms with Gasteiger partial charge in [-0.2, -0.15) is 0 Å². The Hall–Kier alpha value is -2.62. The van der Waals surface area contributed by atoms with E-state index < -0.39 is 5.97 Å². The average Bonchev–Trinajstić information content (AvgIpc) is 2.46. The maximum Gasteiger partial charge on any atom is 0.307 e. The van der Waals surface area contributed by atoms with E-state index in [1.165, 1.54) is 0 Å². The minimum absolute atomic E-state index is 0.0394. The Morgan fingerprint density at radius 2 is 1.60 bits per heavy atom. The van der Waals surface area contributed by atoms with Gasteiger partial charge in [0.2, 0.25) is 0 Å². The van der Waals surface area contributed by atoms with E-state index in [4.69, 9.17) is 9.84 Å². The number of hydrogen-bond acceptors (Lipinski definition) is 3. The quantitative estimate of drug-likeness (QED) is 0.819. The summed E-state index contributed by atoms with van der Waals surface area (Å²) in [5.74, 6) is -0.393. The third kappa shape index (κ3) is 3.95. The molecule has 20 heavy (non-hydrogen) atoms. The standard InChI is InChI=1S/C16H14O4/c17-15(11-20-14-4-2-1-3-5-14)13-8-6-12(7-9-13)10-16(18)19/h1-9H,10-11H2,(H,18,19). The number of ketones is 1. The molecule has 0 fully saturated rings. The van der Waals surface area contributed by atoms with Crippen LogP contribution in [0.2, 0.25) is 0 Å². The molecule has 102 valence electrons. The molecular formula is C16H14O4. The van der Waals surface area contributed by atoms with E-state index in [0.717, 1.165) is 0 Å². The van der Waals surface area contributed by atoms with Gasteiger partial charge in [0.05, 0.1) is 6.42 Å². The van der Waals surface area contributed by atoms with Crippen molar-refractivity contribution in [3.63, 3.8) is 0 Å². The molecule has 0 unspecified atom stereocenters. The number of benzene rings is 2. The van der Waals surface area contributed by atoms with Crippen LogP contribution in [0.5, 0.6) is 5.75 Å². The lowest BCUT2D eigenvalue weighted by Gasteiger charge is -2.05. The molecule has 2 rings (SSSR count). The number of carboxylic acid groups (broad SMARTS) is 1. The van der Waals surface area contributed by atoms with Gasteiger partial charge in [0, 0.05) is 5.56 Å². The third-order valence-corrected chi connectivity index (χ3v) is 2.74. The maximum atomic E-state index is 11.9. The highest BCUT2D eigenvalue weighted by atomic mass is 16.5. The zero-order chi connectivity index (χ0) is 14.4. The average molecular weight is 270 g/mol. The van der Waals surface area contributed by atoms with Crippen LogP contribution in [-0.2, 0) is 11.2 Å². The second-order valence-electron chi connectivity index (χ2n) is 4.29. The van der Waals surface area contributed by atoms with Crippen molar-refractivity contribution >= 4 is 11.8 Å². The van der Waals surface area contributed by atoms with Crippen LogP contribution in [0.3, 0.4) is 0 Å². The topological polar surface area (TPSA) is 63.6 Å². The van der Waals surface area contributed by atoms with Crippen molar-refractivity contribution < 1.29 is 19.4 Å². The molecular weight excluding hydrogens is 256 g/mol. The van der Waals surface area contributed by atoms with E-state index in [-0.39, 0.29) is 18.8 Å².